The predicted octanol–water partition coefficient (Wildman–Crippen LogP) is 3.18. The average molecular weight is 281 g/mol. The molecular formula is C18H19NO2. The summed E-state index contributed by atoms with van der Waals surface area (Å²) in [6.07, 6.45) is 0.909. The summed E-state index contributed by atoms with van der Waals surface area (Å²) in [5.41, 5.74) is 4.57. The normalized spacial score (nSPS) is 16.2. The molecule has 0 fully saturated rings. The van der Waals surface area contributed by atoms with Crippen LogP contribution in [0.2, 0.25) is 0 Å². The molecule has 2 aromatic rings. The molecule has 1 N–H and O–H groups in total. The van der Waals surface area contributed by atoms with Crippen LogP contribution in [0.5, 0.6) is 0 Å². The molecule has 21 heavy (non-hydrogen) atoms. The van der Waals surface area contributed by atoms with Crippen LogP contribution in [0.15, 0.2) is 48.5 Å². The Bertz CT molecular complexity index is 649. The minimum atomic E-state index is -0.779. The second-order valence-electron chi connectivity index (χ2n) is 5.64. The van der Waals surface area contributed by atoms with Gasteiger partial charge in [0.2, 0.25) is 0 Å². The first-order valence-corrected chi connectivity index (χ1v) is 7.25. The lowest BCUT2D eigenvalue weighted by Gasteiger charge is -2.33. The minimum Gasteiger partial charge on any atom is -0.480 e. The summed E-state index contributed by atoms with van der Waals surface area (Å²) >= 11 is 0. The van der Waals surface area contributed by atoms with Crippen LogP contribution >= 0.6 is 0 Å². The van der Waals surface area contributed by atoms with Gasteiger partial charge < -0.3 is 5.11 Å². The van der Waals surface area contributed by atoms with Crippen LogP contribution in [-0.4, -0.2) is 22.5 Å². The van der Waals surface area contributed by atoms with Crippen LogP contribution < -0.4 is 0 Å². The van der Waals surface area contributed by atoms with Gasteiger partial charge >= 0.3 is 5.97 Å². The van der Waals surface area contributed by atoms with Gasteiger partial charge in [-0.3, -0.25) is 9.69 Å². The van der Waals surface area contributed by atoms with Gasteiger partial charge in [-0.25, -0.2) is 0 Å². The maximum Gasteiger partial charge on any atom is 0.325 e. The number of carbonyl (C=O) groups is 1. The highest BCUT2D eigenvalue weighted by atomic mass is 16.4. The summed E-state index contributed by atoms with van der Waals surface area (Å²) in [4.78, 5) is 13.8. The second kappa shape index (κ2) is 5.70. The number of rotatable bonds is 3. The zero-order valence-corrected chi connectivity index (χ0v) is 12.1. The van der Waals surface area contributed by atoms with Crippen LogP contribution in [0.3, 0.4) is 0 Å². The molecule has 0 saturated carbocycles. The molecule has 3 heteroatoms. The lowest BCUT2D eigenvalue weighted by Crippen LogP contribution is -2.38. The number of hydrogen-bond donors (Lipinski definition) is 1. The van der Waals surface area contributed by atoms with E-state index >= 15 is 0 Å². The number of carboxylic acid groups (broad SMARTS) is 1. The lowest BCUT2D eigenvalue weighted by atomic mass is 9.96. The van der Waals surface area contributed by atoms with Crippen molar-refractivity contribution in [1.29, 1.82) is 0 Å². The SMILES string of the molecule is Cc1ccc([C@H](C(=O)O)N2CCc3ccccc3C2)cc1. The molecule has 1 heterocycles. The summed E-state index contributed by atoms with van der Waals surface area (Å²) in [5.74, 6) is -0.779. The zero-order valence-electron chi connectivity index (χ0n) is 12.1. The third kappa shape index (κ3) is 2.83. The smallest absolute Gasteiger partial charge is 0.325 e. The quantitative estimate of drug-likeness (QED) is 0.939. The van der Waals surface area contributed by atoms with E-state index in [1.54, 1.807) is 0 Å². The van der Waals surface area contributed by atoms with Gasteiger partial charge in [0.25, 0.3) is 0 Å². The molecule has 0 amide bonds. The highest BCUT2D eigenvalue weighted by Gasteiger charge is 2.29. The van der Waals surface area contributed by atoms with Crippen molar-refractivity contribution in [3.63, 3.8) is 0 Å². The van der Waals surface area contributed by atoms with Crippen molar-refractivity contribution in [2.45, 2.75) is 25.9 Å². The highest BCUT2D eigenvalue weighted by Crippen LogP contribution is 2.28. The Kier molecular flexibility index (Phi) is 3.76. The van der Waals surface area contributed by atoms with E-state index in [2.05, 4.69) is 17.0 Å². The maximum absolute atomic E-state index is 11.8. The molecule has 1 atom stereocenters. The van der Waals surface area contributed by atoms with Crippen molar-refractivity contribution >= 4 is 5.97 Å². The first kappa shape index (κ1) is 13.8. The van der Waals surface area contributed by atoms with Gasteiger partial charge in [-0.2, -0.15) is 0 Å². The molecule has 3 rings (SSSR count). The van der Waals surface area contributed by atoms with Gasteiger partial charge in [-0.05, 0) is 30.0 Å². The van der Waals surface area contributed by atoms with E-state index in [-0.39, 0.29) is 0 Å². The average Bonchev–Trinajstić information content (AvgIpc) is 2.49. The van der Waals surface area contributed by atoms with Crippen LogP contribution in [-0.2, 0) is 17.8 Å². The van der Waals surface area contributed by atoms with E-state index in [9.17, 15) is 9.90 Å². The molecule has 3 nitrogen and oxygen atoms in total. The van der Waals surface area contributed by atoms with Gasteiger partial charge in [0.1, 0.15) is 6.04 Å². The monoisotopic (exact) mass is 281 g/mol. The Balaban J connectivity index is 1.89. The predicted molar refractivity (Wildman–Crippen MR) is 82.1 cm³/mol. The van der Waals surface area contributed by atoms with Crippen LogP contribution in [0.25, 0.3) is 0 Å². The number of nitrogens with zero attached hydrogens (tertiary/aromatic N) is 1. The molecule has 0 aromatic heterocycles. The number of aliphatic carboxylic acids is 1. The zero-order chi connectivity index (χ0) is 14.8. The van der Waals surface area contributed by atoms with Gasteiger partial charge in [0.15, 0.2) is 0 Å². The summed E-state index contributed by atoms with van der Waals surface area (Å²) in [6.45, 7) is 3.49. The van der Waals surface area contributed by atoms with Crippen molar-refractivity contribution in [1.82, 2.24) is 4.90 Å². The van der Waals surface area contributed by atoms with Crippen molar-refractivity contribution in [3.8, 4) is 0 Å². The molecule has 2 aromatic carbocycles. The second-order valence-corrected chi connectivity index (χ2v) is 5.64. The Morgan fingerprint density at radius 2 is 1.76 bits per heavy atom. The van der Waals surface area contributed by atoms with E-state index in [1.165, 1.54) is 11.1 Å². The molecule has 0 spiro atoms. The van der Waals surface area contributed by atoms with Crippen molar-refractivity contribution < 1.29 is 9.90 Å². The molecule has 1 aliphatic heterocycles. The molecule has 0 radical (unpaired) electrons. The largest absolute Gasteiger partial charge is 0.480 e. The minimum absolute atomic E-state index is 0.570. The summed E-state index contributed by atoms with van der Waals surface area (Å²) in [5, 5.41) is 9.65. The fourth-order valence-corrected chi connectivity index (χ4v) is 3.00. The molecule has 1 aliphatic rings. The number of carboxylic acids is 1. The standard InChI is InChI=1S/C18H19NO2/c1-13-6-8-15(9-7-13)17(18(20)21)19-11-10-14-4-2-3-5-16(14)12-19/h2-9,17H,10-12H2,1H3,(H,20,21)/t17-/m1/s1. The number of fused-ring (bicyclic) bond motifs is 1. The van der Waals surface area contributed by atoms with Crippen molar-refractivity contribution in [2.75, 3.05) is 6.54 Å². The Hall–Kier alpha value is -2.13. The van der Waals surface area contributed by atoms with E-state index < -0.39 is 12.0 Å². The van der Waals surface area contributed by atoms with E-state index in [1.807, 2.05) is 43.3 Å². The first-order chi connectivity index (χ1) is 10.1. The Labute approximate surface area is 124 Å². The maximum atomic E-state index is 11.8. The fraction of sp³-hybridized carbons (Fsp3) is 0.278. The van der Waals surface area contributed by atoms with E-state index in [0.29, 0.717) is 6.54 Å². The fourth-order valence-electron chi connectivity index (χ4n) is 3.00. The topological polar surface area (TPSA) is 40.5 Å². The third-order valence-corrected chi connectivity index (χ3v) is 4.15. The molecule has 0 bridgehead atoms. The van der Waals surface area contributed by atoms with Crippen LogP contribution in [0.1, 0.15) is 28.3 Å². The molecule has 0 aliphatic carbocycles. The summed E-state index contributed by atoms with van der Waals surface area (Å²) < 4.78 is 0. The van der Waals surface area contributed by atoms with Gasteiger partial charge in [0, 0.05) is 13.1 Å². The van der Waals surface area contributed by atoms with Crippen LogP contribution in [0.4, 0.5) is 0 Å². The third-order valence-electron chi connectivity index (χ3n) is 4.15. The van der Waals surface area contributed by atoms with Crippen molar-refractivity contribution in [2.24, 2.45) is 0 Å². The van der Waals surface area contributed by atoms with E-state index in [4.69, 9.17) is 0 Å². The summed E-state index contributed by atoms with van der Waals surface area (Å²) in [6, 6.07) is 15.5. The molecule has 108 valence electrons. The highest BCUT2D eigenvalue weighted by molar-refractivity contribution is 5.75. The molecular weight excluding hydrogens is 262 g/mol. The number of hydrogen-bond acceptors (Lipinski definition) is 2. The van der Waals surface area contributed by atoms with Gasteiger partial charge in [-0.15, -0.1) is 0 Å². The van der Waals surface area contributed by atoms with Gasteiger partial charge in [-0.1, -0.05) is 54.1 Å². The number of aryl methyl sites for hydroxylation is 1. The Morgan fingerprint density at radius 3 is 2.43 bits per heavy atom. The van der Waals surface area contributed by atoms with Crippen LogP contribution in [0, 0.1) is 6.92 Å². The molecule has 0 unspecified atom stereocenters. The molecule has 0 saturated heterocycles. The lowest BCUT2D eigenvalue weighted by molar-refractivity contribution is -0.144. The summed E-state index contributed by atoms with van der Waals surface area (Å²) in [7, 11) is 0. The first-order valence-electron chi connectivity index (χ1n) is 7.25. The van der Waals surface area contributed by atoms with E-state index in [0.717, 1.165) is 24.1 Å². The number of benzene rings is 2. The van der Waals surface area contributed by atoms with Crippen molar-refractivity contribution in [3.05, 3.63) is 70.8 Å². The Morgan fingerprint density at radius 1 is 1.10 bits per heavy atom. The van der Waals surface area contributed by atoms with Gasteiger partial charge in [0.05, 0.1) is 0 Å².